The fraction of sp³-hybridized carbons (Fsp3) is 0.385. The van der Waals surface area contributed by atoms with Crippen molar-refractivity contribution in [2.45, 2.75) is 24.8 Å². The van der Waals surface area contributed by atoms with E-state index in [2.05, 4.69) is 25.0 Å². The predicted octanol–water partition coefficient (Wildman–Crippen LogP) is 0.138. The second-order valence-corrected chi connectivity index (χ2v) is 6.83. The summed E-state index contributed by atoms with van der Waals surface area (Å²) in [5.41, 5.74) is 0.483. The minimum Gasteiger partial charge on any atom is -0.468 e. The summed E-state index contributed by atoms with van der Waals surface area (Å²) in [6.45, 7) is 3.45. The van der Waals surface area contributed by atoms with Crippen LogP contribution in [0.4, 0.5) is 0 Å². The van der Waals surface area contributed by atoms with Crippen LogP contribution in [0.15, 0.2) is 35.5 Å². The Labute approximate surface area is 133 Å². The van der Waals surface area contributed by atoms with Gasteiger partial charge in [-0.3, -0.25) is 4.79 Å². The molecule has 2 rings (SSSR count). The van der Waals surface area contributed by atoms with E-state index in [1.54, 1.807) is 26.0 Å². The van der Waals surface area contributed by atoms with E-state index in [4.69, 9.17) is 0 Å². The lowest BCUT2D eigenvalue weighted by molar-refractivity contribution is -0.143. The van der Waals surface area contributed by atoms with Gasteiger partial charge in [-0.15, -0.1) is 5.10 Å². The van der Waals surface area contributed by atoms with Gasteiger partial charge in [0.25, 0.3) is 0 Å². The summed E-state index contributed by atoms with van der Waals surface area (Å²) in [5.74, 6) is -0.903. The van der Waals surface area contributed by atoms with Crippen molar-refractivity contribution in [3.05, 3.63) is 30.6 Å². The third kappa shape index (κ3) is 3.90. The first-order valence-corrected chi connectivity index (χ1v) is 8.27. The van der Waals surface area contributed by atoms with Gasteiger partial charge in [0.1, 0.15) is 12.4 Å². The molecule has 2 aromatic rings. The molecule has 0 saturated heterocycles. The van der Waals surface area contributed by atoms with Crippen molar-refractivity contribution in [3.63, 3.8) is 0 Å². The van der Waals surface area contributed by atoms with Crippen molar-refractivity contribution >= 4 is 16.0 Å². The molecule has 0 radical (unpaired) electrons. The normalized spacial score (nSPS) is 13.0. The number of sulfonamides is 1. The van der Waals surface area contributed by atoms with Gasteiger partial charge in [0.05, 0.1) is 17.7 Å². The van der Waals surface area contributed by atoms with Crippen LogP contribution in [0.1, 0.15) is 13.8 Å². The Morgan fingerprint density at radius 2 is 2.09 bits per heavy atom. The van der Waals surface area contributed by atoms with Crippen LogP contribution in [0.2, 0.25) is 0 Å². The molecule has 1 heterocycles. The highest BCUT2D eigenvalue weighted by Crippen LogP contribution is 2.16. The van der Waals surface area contributed by atoms with Crippen LogP contribution >= 0.6 is 0 Å². The first-order chi connectivity index (χ1) is 10.8. The molecule has 1 aromatic carbocycles. The first kappa shape index (κ1) is 17.0. The zero-order valence-corrected chi connectivity index (χ0v) is 13.7. The highest BCUT2D eigenvalue weighted by Gasteiger charge is 2.29. The summed E-state index contributed by atoms with van der Waals surface area (Å²) in [7, 11) is -2.69. The topological polar surface area (TPSA) is 116 Å². The molecule has 0 bridgehead atoms. The first-order valence-electron chi connectivity index (χ1n) is 6.78. The van der Waals surface area contributed by atoms with Crippen molar-refractivity contribution in [1.29, 1.82) is 0 Å². The van der Waals surface area contributed by atoms with Crippen molar-refractivity contribution in [2.24, 2.45) is 5.92 Å². The maximum atomic E-state index is 12.5. The van der Waals surface area contributed by atoms with Gasteiger partial charge in [0.2, 0.25) is 10.0 Å². The Balaban J connectivity index is 2.32. The average Bonchev–Trinajstić information content (AvgIpc) is 3.06. The number of nitrogens with zero attached hydrogens (tertiary/aromatic N) is 4. The van der Waals surface area contributed by atoms with E-state index in [1.807, 2.05) is 0 Å². The van der Waals surface area contributed by atoms with Crippen molar-refractivity contribution in [2.75, 3.05) is 7.11 Å². The highest BCUT2D eigenvalue weighted by molar-refractivity contribution is 7.89. The zero-order chi connectivity index (χ0) is 17.0. The molecule has 0 fully saturated rings. The molecule has 0 aliphatic rings. The zero-order valence-electron chi connectivity index (χ0n) is 12.9. The van der Waals surface area contributed by atoms with E-state index >= 15 is 0 Å². The van der Waals surface area contributed by atoms with E-state index in [0.717, 1.165) is 0 Å². The van der Waals surface area contributed by atoms with Crippen LogP contribution in [-0.2, 0) is 19.6 Å². The fourth-order valence-electron chi connectivity index (χ4n) is 1.89. The second-order valence-electron chi connectivity index (χ2n) is 5.12. The smallest absolute Gasteiger partial charge is 0.324 e. The van der Waals surface area contributed by atoms with Gasteiger partial charge < -0.3 is 4.74 Å². The Kier molecular flexibility index (Phi) is 5.06. The molecule has 10 heteroatoms. The Bertz CT molecular complexity index is 773. The van der Waals surface area contributed by atoms with Gasteiger partial charge in [-0.1, -0.05) is 19.9 Å². The number of aromatic nitrogens is 4. The number of methoxy groups -OCH3 is 1. The minimum atomic E-state index is -3.91. The Morgan fingerprint density at radius 3 is 2.65 bits per heavy atom. The standard InChI is InChI=1S/C13H17N5O4S/c1-9(2)12(13(19)22-3)15-23(20,21)11-6-4-5-10(7-11)18-8-14-16-17-18/h4-9,12,15H,1-3H3/t12-/m1/s1. The van der Waals surface area contributed by atoms with E-state index in [1.165, 1.54) is 30.3 Å². The van der Waals surface area contributed by atoms with Gasteiger partial charge in [0, 0.05) is 0 Å². The molecule has 124 valence electrons. The molecule has 23 heavy (non-hydrogen) atoms. The number of ether oxygens (including phenoxy) is 1. The quantitative estimate of drug-likeness (QED) is 0.744. The summed E-state index contributed by atoms with van der Waals surface area (Å²) >= 11 is 0. The fourth-order valence-corrected chi connectivity index (χ4v) is 3.26. The van der Waals surface area contributed by atoms with Crippen LogP contribution in [0.25, 0.3) is 5.69 Å². The second kappa shape index (κ2) is 6.84. The number of rotatable bonds is 6. The number of hydrogen-bond donors (Lipinski definition) is 1. The van der Waals surface area contributed by atoms with Gasteiger partial charge in [-0.2, -0.15) is 4.72 Å². The lowest BCUT2D eigenvalue weighted by Crippen LogP contribution is -2.44. The maximum Gasteiger partial charge on any atom is 0.324 e. The Hall–Kier alpha value is -2.33. The molecule has 1 aromatic heterocycles. The molecule has 1 atom stereocenters. The average molecular weight is 339 g/mol. The van der Waals surface area contributed by atoms with Gasteiger partial charge in [0.15, 0.2) is 0 Å². The molecule has 0 amide bonds. The van der Waals surface area contributed by atoms with Crippen LogP contribution in [0, 0.1) is 5.92 Å². The third-order valence-corrected chi connectivity index (χ3v) is 4.58. The molecular formula is C13H17N5O4S. The van der Waals surface area contributed by atoms with Gasteiger partial charge in [-0.25, -0.2) is 13.1 Å². The van der Waals surface area contributed by atoms with Crippen LogP contribution < -0.4 is 4.72 Å². The number of carbonyl (C=O) groups excluding carboxylic acids is 1. The molecule has 0 unspecified atom stereocenters. The third-order valence-electron chi connectivity index (χ3n) is 3.15. The van der Waals surface area contributed by atoms with Crippen LogP contribution in [0.3, 0.4) is 0 Å². The minimum absolute atomic E-state index is 0.0000491. The van der Waals surface area contributed by atoms with E-state index < -0.39 is 22.0 Å². The summed E-state index contributed by atoms with van der Waals surface area (Å²) in [6, 6.07) is 5.09. The molecule has 0 saturated carbocycles. The van der Waals surface area contributed by atoms with Crippen molar-refractivity contribution < 1.29 is 17.9 Å². The maximum absolute atomic E-state index is 12.5. The number of tetrazole rings is 1. The van der Waals surface area contributed by atoms with Gasteiger partial charge in [-0.05, 0) is 34.5 Å². The molecule has 1 N–H and O–H groups in total. The highest BCUT2D eigenvalue weighted by atomic mass is 32.2. The monoisotopic (exact) mass is 339 g/mol. The summed E-state index contributed by atoms with van der Waals surface area (Å²) in [4.78, 5) is 11.7. The van der Waals surface area contributed by atoms with Crippen LogP contribution in [-0.4, -0.2) is 47.7 Å². The largest absolute Gasteiger partial charge is 0.468 e. The molecule has 9 nitrogen and oxygen atoms in total. The SMILES string of the molecule is COC(=O)[C@H](NS(=O)(=O)c1cccc(-n2cnnn2)c1)C(C)C. The van der Waals surface area contributed by atoms with Crippen molar-refractivity contribution in [1.82, 2.24) is 24.9 Å². The van der Waals surface area contributed by atoms with E-state index in [0.29, 0.717) is 5.69 Å². The molecule has 0 aliphatic carbocycles. The molecular weight excluding hydrogens is 322 g/mol. The van der Waals surface area contributed by atoms with Gasteiger partial charge >= 0.3 is 5.97 Å². The lowest BCUT2D eigenvalue weighted by Gasteiger charge is -2.19. The van der Waals surface area contributed by atoms with E-state index in [-0.39, 0.29) is 10.8 Å². The summed E-state index contributed by atoms with van der Waals surface area (Å²) in [6.07, 6.45) is 1.35. The summed E-state index contributed by atoms with van der Waals surface area (Å²) < 4.78 is 33.4. The molecule has 0 spiro atoms. The van der Waals surface area contributed by atoms with E-state index in [9.17, 15) is 13.2 Å². The summed E-state index contributed by atoms with van der Waals surface area (Å²) in [5, 5.41) is 10.7. The number of benzene rings is 1. The number of esters is 1. The lowest BCUT2D eigenvalue weighted by atomic mass is 10.1. The number of hydrogen-bond acceptors (Lipinski definition) is 7. The van der Waals surface area contributed by atoms with Crippen LogP contribution in [0.5, 0.6) is 0 Å². The molecule has 0 aliphatic heterocycles. The number of nitrogens with one attached hydrogen (secondary N) is 1. The number of carbonyl (C=O) groups is 1. The van der Waals surface area contributed by atoms with Crippen molar-refractivity contribution in [3.8, 4) is 5.69 Å². The Morgan fingerprint density at radius 1 is 1.35 bits per heavy atom. The predicted molar refractivity (Wildman–Crippen MR) is 80.1 cm³/mol.